The first-order chi connectivity index (χ1) is 9.67. The Labute approximate surface area is 125 Å². The summed E-state index contributed by atoms with van der Waals surface area (Å²) in [6.07, 6.45) is 5.73. The van der Waals surface area contributed by atoms with Crippen LogP contribution in [0.3, 0.4) is 0 Å². The number of hydrogen-bond donors (Lipinski definition) is 1. The minimum absolute atomic E-state index is 0.698. The second-order valence-electron chi connectivity index (χ2n) is 7.72. The molecule has 1 saturated heterocycles. The summed E-state index contributed by atoms with van der Waals surface area (Å²) in [4.78, 5) is 5.50. The first-order valence-corrected chi connectivity index (χ1v) is 8.81. The standard InChI is InChI=1S/C17H33N3/c1-13-10-14(2)17(16(11-13)18-3)20-8-6-19(7-9-20)12-15-4-5-15/h13-18H,4-12H2,1-3H3. The van der Waals surface area contributed by atoms with E-state index < -0.39 is 0 Å². The minimum atomic E-state index is 0.698. The van der Waals surface area contributed by atoms with E-state index in [0.717, 1.165) is 23.8 Å². The Morgan fingerprint density at radius 3 is 2.30 bits per heavy atom. The first kappa shape index (κ1) is 14.8. The maximum Gasteiger partial charge on any atom is 0.0276 e. The number of hydrogen-bond acceptors (Lipinski definition) is 3. The molecule has 1 aliphatic heterocycles. The van der Waals surface area contributed by atoms with Gasteiger partial charge in [-0.2, -0.15) is 0 Å². The summed E-state index contributed by atoms with van der Waals surface area (Å²) in [6, 6.07) is 1.46. The second kappa shape index (κ2) is 6.33. The molecule has 4 atom stereocenters. The molecular weight excluding hydrogens is 246 g/mol. The van der Waals surface area contributed by atoms with Crippen LogP contribution in [0.1, 0.15) is 39.5 Å². The molecule has 0 bridgehead atoms. The van der Waals surface area contributed by atoms with Crippen LogP contribution >= 0.6 is 0 Å². The molecule has 4 unspecified atom stereocenters. The number of nitrogens with one attached hydrogen (secondary N) is 1. The lowest BCUT2D eigenvalue weighted by Gasteiger charge is -2.48. The third-order valence-electron chi connectivity index (χ3n) is 5.84. The summed E-state index contributed by atoms with van der Waals surface area (Å²) in [5.74, 6) is 2.77. The van der Waals surface area contributed by atoms with Gasteiger partial charge in [-0.05, 0) is 50.5 Å². The molecular formula is C17H33N3. The van der Waals surface area contributed by atoms with Crippen molar-refractivity contribution < 1.29 is 0 Å². The van der Waals surface area contributed by atoms with E-state index in [2.05, 4.69) is 36.0 Å². The van der Waals surface area contributed by atoms with E-state index in [-0.39, 0.29) is 0 Å². The topological polar surface area (TPSA) is 18.5 Å². The fourth-order valence-electron chi connectivity index (χ4n) is 4.65. The van der Waals surface area contributed by atoms with Crippen LogP contribution in [0.15, 0.2) is 0 Å². The molecule has 2 saturated carbocycles. The first-order valence-electron chi connectivity index (χ1n) is 8.81. The van der Waals surface area contributed by atoms with Gasteiger partial charge in [0.15, 0.2) is 0 Å². The summed E-state index contributed by atoms with van der Waals surface area (Å²) in [5.41, 5.74) is 0. The van der Waals surface area contributed by atoms with Crippen LogP contribution in [0.4, 0.5) is 0 Å². The molecule has 3 heteroatoms. The average Bonchev–Trinajstić information content (AvgIpc) is 3.23. The summed E-state index contributed by atoms with van der Waals surface area (Å²) < 4.78 is 0. The molecule has 2 aliphatic carbocycles. The molecule has 0 radical (unpaired) electrons. The van der Waals surface area contributed by atoms with Gasteiger partial charge in [0.1, 0.15) is 0 Å². The Morgan fingerprint density at radius 2 is 1.70 bits per heavy atom. The molecule has 116 valence electrons. The zero-order chi connectivity index (χ0) is 14.1. The van der Waals surface area contributed by atoms with E-state index in [0.29, 0.717) is 6.04 Å². The van der Waals surface area contributed by atoms with Gasteiger partial charge in [-0.1, -0.05) is 13.8 Å². The third-order valence-corrected chi connectivity index (χ3v) is 5.84. The Balaban J connectivity index is 1.54. The van der Waals surface area contributed by atoms with Crippen LogP contribution < -0.4 is 5.32 Å². The summed E-state index contributed by atoms with van der Waals surface area (Å²) in [6.45, 7) is 11.4. The Bertz CT molecular complexity index is 307. The predicted octanol–water partition coefficient (Wildman–Crippen LogP) is 2.04. The van der Waals surface area contributed by atoms with Gasteiger partial charge in [0.2, 0.25) is 0 Å². The smallest absolute Gasteiger partial charge is 0.0276 e. The molecule has 3 rings (SSSR count). The van der Waals surface area contributed by atoms with Crippen molar-refractivity contribution >= 4 is 0 Å². The second-order valence-corrected chi connectivity index (χ2v) is 7.72. The van der Waals surface area contributed by atoms with Crippen molar-refractivity contribution in [2.24, 2.45) is 17.8 Å². The van der Waals surface area contributed by atoms with Crippen LogP contribution in [-0.2, 0) is 0 Å². The highest BCUT2D eigenvalue weighted by atomic mass is 15.3. The Hall–Kier alpha value is -0.120. The largest absolute Gasteiger partial charge is 0.315 e. The van der Waals surface area contributed by atoms with Crippen molar-refractivity contribution in [2.75, 3.05) is 39.8 Å². The van der Waals surface area contributed by atoms with E-state index in [1.165, 1.54) is 58.4 Å². The number of rotatable bonds is 4. The fraction of sp³-hybridized carbons (Fsp3) is 1.00. The van der Waals surface area contributed by atoms with E-state index in [1.54, 1.807) is 0 Å². The lowest BCUT2D eigenvalue weighted by Crippen LogP contribution is -2.60. The van der Waals surface area contributed by atoms with E-state index in [1.807, 2.05) is 0 Å². The Kier molecular flexibility index (Phi) is 4.68. The van der Waals surface area contributed by atoms with Gasteiger partial charge in [0, 0.05) is 44.8 Å². The highest BCUT2D eigenvalue weighted by molar-refractivity contribution is 4.95. The molecule has 0 spiro atoms. The zero-order valence-corrected chi connectivity index (χ0v) is 13.6. The normalized spacial score (nSPS) is 41.0. The Morgan fingerprint density at radius 1 is 1.00 bits per heavy atom. The summed E-state index contributed by atoms with van der Waals surface area (Å²) in [7, 11) is 2.16. The van der Waals surface area contributed by atoms with Crippen molar-refractivity contribution in [1.82, 2.24) is 15.1 Å². The monoisotopic (exact) mass is 279 g/mol. The number of likely N-dealkylation sites (N-methyl/N-ethyl adjacent to an activating group) is 1. The molecule has 0 aromatic rings. The van der Waals surface area contributed by atoms with Gasteiger partial charge in [-0.25, -0.2) is 0 Å². The van der Waals surface area contributed by atoms with Gasteiger partial charge in [-0.3, -0.25) is 4.90 Å². The quantitative estimate of drug-likeness (QED) is 0.849. The summed E-state index contributed by atoms with van der Waals surface area (Å²) in [5, 5.41) is 3.61. The molecule has 3 nitrogen and oxygen atoms in total. The van der Waals surface area contributed by atoms with Crippen LogP contribution in [0.5, 0.6) is 0 Å². The van der Waals surface area contributed by atoms with E-state index in [4.69, 9.17) is 0 Å². The molecule has 3 aliphatic rings. The summed E-state index contributed by atoms with van der Waals surface area (Å²) >= 11 is 0. The molecule has 20 heavy (non-hydrogen) atoms. The third kappa shape index (κ3) is 3.37. The zero-order valence-electron chi connectivity index (χ0n) is 13.6. The fourth-order valence-corrected chi connectivity index (χ4v) is 4.65. The van der Waals surface area contributed by atoms with Crippen molar-refractivity contribution in [1.29, 1.82) is 0 Å². The van der Waals surface area contributed by atoms with Gasteiger partial charge >= 0.3 is 0 Å². The van der Waals surface area contributed by atoms with E-state index in [9.17, 15) is 0 Å². The van der Waals surface area contributed by atoms with Gasteiger partial charge in [0.25, 0.3) is 0 Å². The van der Waals surface area contributed by atoms with Crippen molar-refractivity contribution in [2.45, 2.75) is 51.6 Å². The number of nitrogens with zero attached hydrogens (tertiary/aromatic N) is 2. The van der Waals surface area contributed by atoms with E-state index >= 15 is 0 Å². The molecule has 3 fully saturated rings. The molecule has 1 N–H and O–H groups in total. The lowest BCUT2D eigenvalue weighted by molar-refractivity contribution is 0.0245. The van der Waals surface area contributed by atoms with Crippen LogP contribution in [-0.4, -0.2) is 61.7 Å². The maximum absolute atomic E-state index is 3.61. The highest BCUT2D eigenvalue weighted by Gasteiger charge is 2.38. The molecule has 0 aromatic heterocycles. The van der Waals surface area contributed by atoms with Gasteiger partial charge in [-0.15, -0.1) is 0 Å². The average molecular weight is 279 g/mol. The lowest BCUT2D eigenvalue weighted by atomic mass is 9.75. The molecule has 0 aromatic carbocycles. The predicted molar refractivity (Wildman–Crippen MR) is 84.9 cm³/mol. The van der Waals surface area contributed by atoms with Gasteiger partial charge < -0.3 is 10.2 Å². The highest BCUT2D eigenvalue weighted by Crippen LogP contribution is 2.33. The van der Waals surface area contributed by atoms with Gasteiger partial charge in [0.05, 0.1) is 0 Å². The van der Waals surface area contributed by atoms with Crippen LogP contribution in [0, 0.1) is 17.8 Å². The van der Waals surface area contributed by atoms with Crippen LogP contribution in [0.25, 0.3) is 0 Å². The van der Waals surface area contributed by atoms with Crippen molar-refractivity contribution in [3.63, 3.8) is 0 Å². The molecule has 0 amide bonds. The van der Waals surface area contributed by atoms with Crippen LogP contribution in [0.2, 0.25) is 0 Å². The number of piperazine rings is 1. The van der Waals surface area contributed by atoms with Crippen molar-refractivity contribution in [3.8, 4) is 0 Å². The SMILES string of the molecule is CNC1CC(C)CC(C)C1N1CCN(CC2CC2)CC1. The maximum atomic E-state index is 3.61. The molecule has 1 heterocycles. The van der Waals surface area contributed by atoms with Crippen molar-refractivity contribution in [3.05, 3.63) is 0 Å². The minimum Gasteiger partial charge on any atom is -0.315 e.